The molecule has 0 aliphatic heterocycles. The minimum Gasteiger partial charge on any atom is -0.494 e. The summed E-state index contributed by atoms with van der Waals surface area (Å²) in [6.07, 6.45) is 1.04. The summed E-state index contributed by atoms with van der Waals surface area (Å²) < 4.78 is 5.64. The van der Waals surface area contributed by atoms with Crippen molar-refractivity contribution in [3.05, 3.63) is 46.7 Å². The Morgan fingerprint density at radius 3 is 2.60 bits per heavy atom. The molecule has 1 heterocycles. The number of hydrogen-bond acceptors (Lipinski definition) is 3. The van der Waals surface area contributed by atoms with E-state index in [1.165, 1.54) is 11.3 Å². The third-order valence-electron chi connectivity index (χ3n) is 2.82. The molecule has 0 bridgehead atoms. The predicted octanol–water partition coefficient (Wildman–Crippen LogP) is 4.43. The number of thiophene rings is 1. The summed E-state index contributed by atoms with van der Waals surface area (Å²) in [5, 5.41) is 4.75. The van der Waals surface area contributed by atoms with Gasteiger partial charge in [-0.25, -0.2) is 0 Å². The molecule has 20 heavy (non-hydrogen) atoms. The van der Waals surface area contributed by atoms with E-state index in [1.807, 2.05) is 41.8 Å². The molecular weight excluding hydrogens is 270 g/mol. The van der Waals surface area contributed by atoms with Crippen LogP contribution in [0.4, 0.5) is 5.69 Å². The molecule has 106 valence electrons. The molecule has 0 saturated carbocycles. The molecule has 4 heteroatoms. The maximum absolute atomic E-state index is 11.9. The Morgan fingerprint density at radius 1 is 1.25 bits per heavy atom. The Bertz CT molecular complexity index is 532. The topological polar surface area (TPSA) is 38.3 Å². The van der Waals surface area contributed by atoms with Crippen LogP contribution < -0.4 is 10.1 Å². The lowest BCUT2D eigenvalue weighted by molar-refractivity contribution is 0.103. The normalized spacial score (nSPS) is 10.6. The van der Waals surface area contributed by atoms with Crippen molar-refractivity contribution < 1.29 is 9.53 Å². The molecule has 0 atom stereocenters. The van der Waals surface area contributed by atoms with Crippen molar-refractivity contribution in [3.8, 4) is 5.75 Å². The van der Waals surface area contributed by atoms with Crippen molar-refractivity contribution in [1.82, 2.24) is 0 Å². The summed E-state index contributed by atoms with van der Waals surface area (Å²) in [6, 6.07) is 11.1. The molecule has 2 rings (SSSR count). The molecular formula is C16H19NO2S. The van der Waals surface area contributed by atoms with Crippen LogP contribution in [0.3, 0.4) is 0 Å². The van der Waals surface area contributed by atoms with Crippen LogP contribution in [0.1, 0.15) is 29.9 Å². The molecule has 1 aromatic carbocycles. The first kappa shape index (κ1) is 14.6. The van der Waals surface area contributed by atoms with Gasteiger partial charge in [-0.3, -0.25) is 4.79 Å². The second-order valence-corrected chi connectivity index (χ2v) is 5.93. The molecule has 0 aliphatic carbocycles. The summed E-state index contributed by atoms with van der Waals surface area (Å²) in [5.74, 6) is 1.40. The van der Waals surface area contributed by atoms with E-state index >= 15 is 0 Å². The number of hydrogen-bond donors (Lipinski definition) is 1. The smallest absolute Gasteiger partial charge is 0.265 e. The molecule has 3 nitrogen and oxygen atoms in total. The van der Waals surface area contributed by atoms with Gasteiger partial charge in [0.05, 0.1) is 11.5 Å². The van der Waals surface area contributed by atoms with E-state index in [9.17, 15) is 4.79 Å². The molecule has 2 aromatic rings. The van der Waals surface area contributed by atoms with Gasteiger partial charge in [-0.2, -0.15) is 0 Å². The van der Waals surface area contributed by atoms with E-state index in [1.54, 1.807) is 0 Å². The van der Waals surface area contributed by atoms with Crippen LogP contribution in [-0.4, -0.2) is 12.5 Å². The first-order valence-electron chi connectivity index (χ1n) is 6.73. The first-order valence-corrected chi connectivity index (χ1v) is 7.61. The number of ether oxygens (including phenoxy) is 1. The maximum atomic E-state index is 11.9. The minimum atomic E-state index is -0.0755. The van der Waals surface area contributed by atoms with Crippen molar-refractivity contribution in [2.24, 2.45) is 5.92 Å². The number of benzene rings is 1. The van der Waals surface area contributed by atoms with Crippen molar-refractivity contribution in [2.45, 2.75) is 20.3 Å². The van der Waals surface area contributed by atoms with Gasteiger partial charge in [0.15, 0.2) is 0 Å². The van der Waals surface area contributed by atoms with Crippen LogP contribution in [0.5, 0.6) is 5.75 Å². The number of nitrogens with one attached hydrogen (secondary N) is 1. The van der Waals surface area contributed by atoms with Gasteiger partial charge < -0.3 is 10.1 Å². The van der Waals surface area contributed by atoms with Gasteiger partial charge >= 0.3 is 0 Å². The maximum Gasteiger partial charge on any atom is 0.265 e. The van der Waals surface area contributed by atoms with Crippen molar-refractivity contribution >= 4 is 22.9 Å². The van der Waals surface area contributed by atoms with E-state index in [4.69, 9.17) is 4.74 Å². The van der Waals surface area contributed by atoms with Crippen molar-refractivity contribution in [1.29, 1.82) is 0 Å². The number of carbonyl (C=O) groups is 1. The highest BCUT2D eigenvalue weighted by Crippen LogP contribution is 2.18. The van der Waals surface area contributed by atoms with Crippen LogP contribution >= 0.6 is 11.3 Å². The molecule has 0 spiro atoms. The molecule has 1 amide bonds. The van der Waals surface area contributed by atoms with E-state index in [2.05, 4.69) is 19.2 Å². The largest absolute Gasteiger partial charge is 0.494 e. The number of rotatable bonds is 6. The number of anilines is 1. The Kier molecular flexibility index (Phi) is 5.18. The molecule has 0 radical (unpaired) electrons. The predicted molar refractivity (Wildman–Crippen MR) is 83.7 cm³/mol. The number of amides is 1. The van der Waals surface area contributed by atoms with Crippen LogP contribution in [0, 0.1) is 5.92 Å². The van der Waals surface area contributed by atoms with Crippen LogP contribution in [-0.2, 0) is 0 Å². The fourth-order valence-electron chi connectivity index (χ4n) is 1.65. The lowest BCUT2D eigenvalue weighted by Gasteiger charge is -2.09. The molecule has 1 aromatic heterocycles. The lowest BCUT2D eigenvalue weighted by Crippen LogP contribution is -2.09. The number of carbonyl (C=O) groups excluding carboxylic acids is 1. The highest BCUT2D eigenvalue weighted by Gasteiger charge is 2.06. The van der Waals surface area contributed by atoms with E-state index < -0.39 is 0 Å². The van der Waals surface area contributed by atoms with Crippen LogP contribution in [0.15, 0.2) is 41.8 Å². The fourth-order valence-corrected chi connectivity index (χ4v) is 2.27. The van der Waals surface area contributed by atoms with Gasteiger partial charge in [-0.05, 0) is 48.1 Å². The van der Waals surface area contributed by atoms with E-state index in [0.29, 0.717) is 10.8 Å². The second-order valence-electron chi connectivity index (χ2n) is 4.99. The van der Waals surface area contributed by atoms with Gasteiger partial charge in [0.1, 0.15) is 5.75 Å². The highest BCUT2D eigenvalue weighted by molar-refractivity contribution is 7.12. The monoisotopic (exact) mass is 289 g/mol. The standard InChI is InChI=1S/C16H19NO2S/c1-12(2)9-10-19-14-7-5-13(6-8-14)17-16(18)15-4-3-11-20-15/h3-8,11-12H,9-10H2,1-2H3,(H,17,18). The minimum absolute atomic E-state index is 0.0755. The third kappa shape index (κ3) is 4.38. The molecule has 0 saturated heterocycles. The van der Waals surface area contributed by atoms with Crippen molar-refractivity contribution in [3.63, 3.8) is 0 Å². The zero-order chi connectivity index (χ0) is 14.4. The van der Waals surface area contributed by atoms with Gasteiger partial charge in [-0.15, -0.1) is 11.3 Å². The Balaban J connectivity index is 1.87. The van der Waals surface area contributed by atoms with Crippen LogP contribution in [0.2, 0.25) is 0 Å². The average molecular weight is 289 g/mol. The summed E-state index contributed by atoms with van der Waals surface area (Å²) in [6.45, 7) is 5.07. The quantitative estimate of drug-likeness (QED) is 0.854. The Labute approximate surface area is 123 Å². The summed E-state index contributed by atoms with van der Waals surface area (Å²) in [4.78, 5) is 12.6. The van der Waals surface area contributed by atoms with E-state index in [0.717, 1.165) is 24.5 Å². The molecule has 0 aliphatic rings. The van der Waals surface area contributed by atoms with Gasteiger partial charge in [-0.1, -0.05) is 19.9 Å². The first-order chi connectivity index (χ1) is 9.65. The van der Waals surface area contributed by atoms with E-state index in [-0.39, 0.29) is 5.91 Å². The van der Waals surface area contributed by atoms with Gasteiger partial charge in [0, 0.05) is 5.69 Å². The molecule has 0 fully saturated rings. The highest BCUT2D eigenvalue weighted by atomic mass is 32.1. The summed E-state index contributed by atoms with van der Waals surface area (Å²) in [5.41, 5.74) is 0.777. The third-order valence-corrected chi connectivity index (χ3v) is 3.69. The zero-order valence-electron chi connectivity index (χ0n) is 11.8. The lowest BCUT2D eigenvalue weighted by atomic mass is 10.1. The Morgan fingerprint density at radius 2 is 2.00 bits per heavy atom. The summed E-state index contributed by atoms with van der Waals surface area (Å²) >= 11 is 1.43. The summed E-state index contributed by atoms with van der Waals surface area (Å²) in [7, 11) is 0. The molecule has 1 N–H and O–H groups in total. The zero-order valence-corrected chi connectivity index (χ0v) is 12.6. The van der Waals surface area contributed by atoms with Gasteiger partial charge in [0.25, 0.3) is 5.91 Å². The Hall–Kier alpha value is -1.81. The fraction of sp³-hybridized carbons (Fsp3) is 0.312. The molecule has 0 unspecified atom stereocenters. The van der Waals surface area contributed by atoms with Crippen LogP contribution in [0.25, 0.3) is 0 Å². The average Bonchev–Trinajstić information content (AvgIpc) is 2.94. The van der Waals surface area contributed by atoms with Gasteiger partial charge in [0.2, 0.25) is 0 Å². The second kappa shape index (κ2) is 7.10. The SMILES string of the molecule is CC(C)CCOc1ccc(NC(=O)c2cccs2)cc1. The van der Waals surface area contributed by atoms with Crippen molar-refractivity contribution in [2.75, 3.05) is 11.9 Å².